The Balaban J connectivity index is 3.03. The molecule has 1 N–H and O–H groups in total. The maximum atomic E-state index is 10.2. The van der Waals surface area contributed by atoms with Crippen molar-refractivity contribution in [2.75, 3.05) is 0 Å². The van der Waals surface area contributed by atoms with Gasteiger partial charge in [0.1, 0.15) is 0 Å². The maximum absolute atomic E-state index is 10.2. The lowest BCUT2D eigenvalue weighted by atomic mass is 10.1. The normalized spacial score (nSPS) is 13.0. The van der Waals surface area contributed by atoms with Gasteiger partial charge in [-0.2, -0.15) is 0 Å². The highest BCUT2D eigenvalue weighted by Crippen LogP contribution is 2.15. The second kappa shape index (κ2) is 14.8. The Hall–Kier alpha value is -0.270. The van der Waals surface area contributed by atoms with Crippen molar-refractivity contribution in [1.82, 2.24) is 0 Å². The molecule has 0 rings (SSSR count). The zero-order chi connectivity index (χ0) is 13.5. The van der Waals surface area contributed by atoms with Crippen molar-refractivity contribution in [3.63, 3.8) is 0 Å². The first kappa shape index (κ1) is 17.7. The van der Waals surface area contributed by atoms with Crippen LogP contribution in [0.3, 0.4) is 0 Å². The van der Waals surface area contributed by atoms with Crippen LogP contribution in [0.4, 0.5) is 0 Å². The quantitative estimate of drug-likeness (QED) is 0.285. The molecule has 0 amide bonds. The molecule has 0 saturated heterocycles. The van der Waals surface area contributed by atoms with Crippen LogP contribution in [0.1, 0.15) is 77.6 Å². The molecular formula is C14H29O3P. The van der Waals surface area contributed by atoms with E-state index >= 15 is 0 Å². The van der Waals surface area contributed by atoms with E-state index in [0.717, 1.165) is 12.8 Å². The van der Waals surface area contributed by atoms with Crippen LogP contribution in [0.15, 0.2) is 12.3 Å². The van der Waals surface area contributed by atoms with Crippen molar-refractivity contribution in [3.8, 4) is 0 Å². The highest BCUT2D eigenvalue weighted by molar-refractivity contribution is 7.32. The molecule has 108 valence electrons. The van der Waals surface area contributed by atoms with Crippen molar-refractivity contribution in [3.05, 3.63) is 12.3 Å². The van der Waals surface area contributed by atoms with Gasteiger partial charge in [0.15, 0.2) is 0 Å². The maximum Gasteiger partial charge on any atom is 0.364 e. The first-order chi connectivity index (χ1) is 8.77. The van der Waals surface area contributed by atoms with E-state index in [0.29, 0.717) is 0 Å². The highest BCUT2D eigenvalue weighted by atomic mass is 31.1. The van der Waals surface area contributed by atoms with Gasteiger partial charge in [0.2, 0.25) is 0 Å². The molecule has 0 aliphatic rings. The largest absolute Gasteiger partial charge is 0.435 e. The molecule has 0 aromatic rings. The summed E-state index contributed by atoms with van der Waals surface area (Å²) < 4.78 is 14.7. The van der Waals surface area contributed by atoms with E-state index in [-0.39, 0.29) is 0 Å². The first-order valence-electron chi connectivity index (χ1n) is 7.32. The molecule has 0 spiro atoms. The standard InChI is InChI=1S/C14H29O3P/c1-2-3-4-5-6-7-8-9-10-11-12-13-14-17-18(15)16/h13-14,18H,2-12H2,1H3,(H,15,16). The minimum Gasteiger partial charge on any atom is -0.435 e. The topological polar surface area (TPSA) is 46.5 Å². The van der Waals surface area contributed by atoms with Crippen molar-refractivity contribution in [2.45, 2.75) is 77.6 Å². The summed E-state index contributed by atoms with van der Waals surface area (Å²) in [5, 5.41) is 0. The average molecular weight is 276 g/mol. The molecule has 18 heavy (non-hydrogen) atoms. The summed E-state index contributed by atoms with van der Waals surface area (Å²) in [5.74, 6) is 0. The molecule has 0 bridgehead atoms. The Morgan fingerprint density at radius 1 is 0.944 bits per heavy atom. The van der Waals surface area contributed by atoms with Gasteiger partial charge in [-0.1, -0.05) is 64.7 Å². The van der Waals surface area contributed by atoms with Crippen molar-refractivity contribution in [2.24, 2.45) is 0 Å². The minimum atomic E-state index is -2.79. The lowest BCUT2D eigenvalue weighted by Crippen LogP contribution is -1.81. The van der Waals surface area contributed by atoms with Crippen LogP contribution in [0.2, 0.25) is 0 Å². The van der Waals surface area contributed by atoms with Crippen LogP contribution in [-0.2, 0) is 9.09 Å². The minimum absolute atomic E-state index is 0.936. The Labute approximate surface area is 113 Å². The molecule has 0 heterocycles. The van der Waals surface area contributed by atoms with Gasteiger partial charge in [-0.25, -0.2) is 4.57 Å². The van der Waals surface area contributed by atoms with Crippen molar-refractivity contribution >= 4 is 8.25 Å². The number of hydrogen-bond acceptors (Lipinski definition) is 2. The molecule has 1 unspecified atom stereocenters. The summed E-state index contributed by atoms with van der Waals surface area (Å²) in [6, 6.07) is 0. The van der Waals surface area contributed by atoms with Gasteiger partial charge in [-0.15, -0.1) is 0 Å². The van der Waals surface area contributed by atoms with Crippen LogP contribution in [-0.4, -0.2) is 4.89 Å². The second-order valence-corrected chi connectivity index (χ2v) is 5.49. The molecule has 1 atom stereocenters. The SMILES string of the molecule is CCCCCCCCCCCCC=CO[PH](=O)O. The molecule has 0 radical (unpaired) electrons. The number of hydrogen-bond donors (Lipinski definition) is 1. The van der Waals surface area contributed by atoms with Gasteiger partial charge in [0.05, 0.1) is 6.26 Å². The van der Waals surface area contributed by atoms with Gasteiger partial charge in [-0.3, -0.25) is 0 Å². The van der Waals surface area contributed by atoms with Gasteiger partial charge in [-0.05, 0) is 18.9 Å². The molecule has 0 aromatic carbocycles. The third kappa shape index (κ3) is 15.7. The molecule has 3 nitrogen and oxygen atoms in total. The second-order valence-electron chi connectivity index (χ2n) is 4.73. The monoisotopic (exact) mass is 276 g/mol. The predicted molar refractivity (Wildman–Crippen MR) is 77.9 cm³/mol. The van der Waals surface area contributed by atoms with Crippen LogP contribution in [0.25, 0.3) is 0 Å². The van der Waals surface area contributed by atoms with Crippen molar-refractivity contribution < 1.29 is 14.0 Å². The Morgan fingerprint density at radius 2 is 1.44 bits per heavy atom. The lowest BCUT2D eigenvalue weighted by Gasteiger charge is -2.01. The van der Waals surface area contributed by atoms with Gasteiger partial charge >= 0.3 is 8.25 Å². The van der Waals surface area contributed by atoms with E-state index in [1.807, 2.05) is 6.08 Å². The Bertz CT molecular complexity index is 217. The van der Waals surface area contributed by atoms with E-state index in [4.69, 9.17) is 4.89 Å². The summed E-state index contributed by atoms with van der Waals surface area (Å²) in [6.45, 7) is 2.25. The lowest BCUT2D eigenvalue weighted by molar-refractivity contribution is 0.377. The fourth-order valence-electron chi connectivity index (χ4n) is 1.92. The molecule has 0 aliphatic carbocycles. The molecule has 0 aliphatic heterocycles. The van der Waals surface area contributed by atoms with Crippen LogP contribution in [0, 0.1) is 0 Å². The fourth-order valence-corrected chi connectivity index (χ4v) is 2.14. The molecule has 0 saturated carbocycles. The number of allylic oxidation sites excluding steroid dienone is 1. The van der Waals surface area contributed by atoms with Gasteiger partial charge in [0, 0.05) is 0 Å². The molecular weight excluding hydrogens is 247 g/mol. The third-order valence-electron chi connectivity index (χ3n) is 2.99. The zero-order valence-electron chi connectivity index (χ0n) is 11.7. The molecule has 0 fully saturated rings. The Kier molecular flexibility index (Phi) is 14.6. The van der Waals surface area contributed by atoms with E-state index in [1.165, 1.54) is 64.0 Å². The highest BCUT2D eigenvalue weighted by Gasteiger charge is 1.92. The van der Waals surface area contributed by atoms with E-state index in [2.05, 4.69) is 11.4 Å². The van der Waals surface area contributed by atoms with E-state index in [1.54, 1.807) is 0 Å². The van der Waals surface area contributed by atoms with E-state index in [9.17, 15) is 4.57 Å². The summed E-state index contributed by atoms with van der Waals surface area (Å²) >= 11 is 0. The number of unbranched alkanes of at least 4 members (excludes halogenated alkanes) is 10. The van der Waals surface area contributed by atoms with Crippen LogP contribution < -0.4 is 0 Å². The van der Waals surface area contributed by atoms with Gasteiger partial charge < -0.3 is 9.42 Å². The summed E-state index contributed by atoms with van der Waals surface area (Å²) in [5.41, 5.74) is 0. The zero-order valence-corrected chi connectivity index (χ0v) is 12.7. The number of rotatable bonds is 13. The third-order valence-corrected chi connectivity index (χ3v) is 3.33. The predicted octanol–water partition coefficient (Wildman–Crippen LogP) is 5.21. The fraction of sp³-hybridized carbons (Fsp3) is 0.857. The molecule has 0 aromatic heterocycles. The van der Waals surface area contributed by atoms with Crippen LogP contribution >= 0.6 is 8.25 Å². The van der Waals surface area contributed by atoms with Gasteiger partial charge in [0.25, 0.3) is 0 Å². The average Bonchev–Trinajstić information content (AvgIpc) is 2.34. The molecule has 4 heteroatoms. The summed E-state index contributed by atoms with van der Waals surface area (Å²) in [6.07, 6.45) is 17.4. The Morgan fingerprint density at radius 3 is 1.94 bits per heavy atom. The van der Waals surface area contributed by atoms with Crippen molar-refractivity contribution in [1.29, 1.82) is 0 Å². The summed E-state index contributed by atoms with van der Waals surface area (Å²) in [4.78, 5) is 8.40. The van der Waals surface area contributed by atoms with E-state index < -0.39 is 8.25 Å². The smallest absolute Gasteiger partial charge is 0.364 e. The van der Waals surface area contributed by atoms with Crippen LogP contribution in [0.5, 0.6) is 0 Å². The first-order valence-corrected chi connectivity index (χ1v) is 8.58. The summed E-state index contributed by atoms with van der Waals surface area (Å²) in [7, 11) is -2.79.